The first kappa shape index (κ1) is 11.9. The van der Waals surface area contributed by atoms with Gasteiger partial charge < -0.3 is 0 Å². The summed E-state index contributed by atoms with van der Waals surface area (Å²) in [5, 5.41) is 0. The van der Waals surface area contributed by atoms with Gasteiger partial charge in [0.2, 0.25) is 0 Å². The molecule has 0 heterocycles. The summed E-state index contributed by atoms with van der Waals surface area (Å²) in [7, 11) is 0. The van der Waals surface area contributed by atoms with Gasteiger partial charge in [0, 0.05) is 38.5 Å². The maximum absolute atomic E-state index is 12.8. The molecule has 1 nitrogen and oxygen atoms in total. The van der Waals surface area contributed by atoms with Crippen molar-refractivity contribution in [3.05, 3.63) is 35.1 Å². The Balaban J connectivity index is 0.00000121. The monoisotopic (exact) mass is 240 g/mol. The van der Waals surface area contributed by atoms with Crippen molar-refractivity contribution in [1.82, 2.24) is 0 Å². The molecule has 1 aromatic carbocycles. The first-order chi connectivity index (χ1) is 5.11. The van der Waals surface area contributed by atoms with Gasteiger partial charge in [0.1, 0.15) is 5.78 Å². The Morgan fingerprint density at radius 3 is 2.58 bits per heavy atom. The number of rotatable bonds is 1. The number of aryl methyl sites for hydroxylation is 1. The average molecular weight is 240 g/mol. The van der Waals surface area contributed by atoms with Crippen molar-refractivity contribution in [1.29, 1.82) is 0 Å². The number of halogens is 1. The van der Waals surface area contributed by atoms with Gasteiger partial charge in [-0.2, -0.15) is 17.7 Å². The summed E-state index contributed by atoms with van der Waals surface area (Å²) in [5.41, 5.74) is 0.915. The zero-order chi connectivity index (χ0) is 8.43. The molecular weight excluding hydrogens is 232 g/mol. The van der Waals surface area contributed by atoms with E-state index in [9.17, 15) is 9.18 Å². The molecule has 3 heteroatoms. The van der Waals surface area contributed by atoms with Crippen LogP contribution >= 0.6 is 0 Å². The fraction of sp³-hybridized carbons (Fsp3) is 0.222. The molecule has 61 valence electrons. The van der Waals surface area contributed by atoms with E-state index in [1.54, 1.807) is 6.92 Å². The fourth-order valence-corrected chi connectivity index (χ4v) is 0.852. The Labute approximate surface area is 96.2 Å². The van der Waals surface area contributed by atoms with Crippen molar-refractivity contribution >= 4 is 5.78 Å². The predicted molar refractivity (Wildman–Crippen MR) is 40.0 cm³/mol. The molecular formula is C9H8FOY-. The standard InChI is InChI=1S/C9H8FO.Y/c1-6-3-4-9(10)8(5-6)7(2)11;/h4-5H,1-2H3;/q-1;. The second-order valence-corrected chi connectivity index (χ2v) is 2.43. The van der Waals surface area contributed by atoms with Gasteiger partial charge in [0.05, 0.1) is 0 Å². The molecule has 1 rings (SSSR count). The van der Waals surface area contributed by atoms with Crippen LogP contribution in [0.3, 0.4) is 0 Å². The first-order valence-electron chi connectivity index (χ1n) is 3.30. The van der Waals surface area contributed by atoms with Crippen molar-refractivity contribution in [3.8, 4) is 0 Å². The third-order valence-electron chi connectivity index (χ3n) is 1.42. The van der Waals surface area contributed by atoms with Gasteiger partial charge in [-0.05, 0) is 6.92 Å². The molecule has 1 radical (unpaired) electrons. The maximum atomic E-state index is 12.8. The van der Waals surface area contributed by atoms with Crippen LogP contribution in [0.1, 0.15) is 22.8 Å². The molecule has 0 saturated carbocycles. The van der Waals surface area contributed by atoms with Crippen LogP contribution in [0.4, 0.5) is 4.39 Å². The second kappa shape index (κ2) is 4.83. The van der Waals surface area contributed by atoms with E-state index in [0.717, 1.165) is 5.56 Å². The average Bonchev–Trinajstić information content (AvgIpc) is 1.94. The smallest absolute Gasteiger partial charge is 0.138 e. The van der Waals surface area contributed by atoms with E-state index in [1.807, 2.05) is 0 Å². The summed E-state index contributed by atoms with van der Waals surface area (Å²) in [4.78, 5) is 10.8. The molecule has 0 atom stereocenters. The van der Waals surface area contributed by atoms with Crippen LogP contribution < -0.4 is 0 Å². The molecule has 0 aliphatic rings. The zero-order valence-electron chi connectivity index (χ0n) is 7.02. The van der Waals surface area contributed by atoms with Crippen LogP contribution in [0.2, 0.25) is 0 Å². The number of hydrogen-bond acceptors (Lipinski definition) is 1. The molecule has 0 bridgehead atoms. The van der Waals surface area contributed by atoms with E-state index >= 15 is 0 Å². The largest absolute Gasteiger partial charge is 0.297 e. The zero-order valence-corrected chi connectivity index (χ0v) is 9.86. The molecule has 0 unspecified atom stereocenters. The van der Waals surface area contributed by atoms with Gasteiger partial charge in [-0.3, -0.25) is 9.18 Å². The fourth-order valence-electron chi connectivity index (χ4n) is 0.852. The summed E-state index contributed by atoms with van der Waals surface area (Å²) in [6, 6.07) is 5.35. The molecule has 0 N–H and O–H groups in total. The van der Waals surface area contributed by atoms with E-state index in [4.69, 9.17) is 0 Å². The summed E-state index contributed by atoms with van der Waals surface area (Å²) < 4.78 is 12.8. The van der Waals surface area contributed by atoms with Crippen molar-refractivity contribution < 1.29 is 41.9 Å². The van der Waals surface area contributed by atoms with Gasteiger partial charge in [-0.25, -0.2) is 0 Å². The molecule has 0 aromatic heterocycles. The van der Waals surface area contributed by atoms with E-state index in [2.05, 4.69) is 6.07 Å². The van der Waals surface area contributed by atoms with Crippen LogP contribution in [0.25, 0.3) is 0 Å². The molecule has 0 spiro atoms. The van der Waals surface area contributed by atoms with E-state index < -0.39 is 5.82 Å². The first-order valence-corrected chi connectivity index (χ1v) is 3.30. The van der Waals surface area contributed by atoms with Gasteiger partial charge in [-0.1, -0.05) is 12.5 Å². The number of hydrogen-bond donors (Lipinski definition) is 0. The Morgan fingerprint density at radius 2 is 2.17 bits per heavy atom. The van der Waals surface area contributed by atoms with Crippen LogP contribution in [-0.4, -0.2) is 5.78 Å². The minimum absolute atomic E-state index is 0. The Hall–Kier alpha value is -0.0761. The van der Waals surface area contributed by atoms with Gasteiger partial charge in [0.25, 0.3) is 0 Å². The molecule has 0 saturated heterocycles. The van der Waals surface area contributed by atoms with E-state index in [-0.39, 0.29) is 44.1 Å². The normalized spacial score (nSPS) is 8.92. The van der Waals surface area contributed by atoms with Crippen molar-refractivity contribution in [2.75, 3.05) is 0 Å². The quantitative estimate of drug-likeness (QED) is 0.542. The van der Waals surface area contributed by atoms with Crippen molar-refractivity contribution in [3.63, 3.8) is 0 Å². The SMILES string of the molecule is CC(=O)c1cc(C)[c-]cc1F.[Y]. The third kappa shape index (κ3) is 2.76. The maximum Gasteiger partial charge on any atom is 0.138 e. The molecule has 0 aliphatic carbocycles. The number of carbonyl (C=O) groups is 1. The van der Waals surface area contributed by atoms with Crippen molar-refractivity contribution in [2.24, 2.45) is 0 Å². The summed E-state index contributed by atoms with van der Waals surface area (Å²) in [6.07, 6.45) is 0. The molecule has 0 fully saturated rings. The van der Waals surface area contributed by atoms with Crippen LogP contribution in [0.5, 0.6) is 0 Å². The number of ketones is 1. The van der Waals surface area contributed by atoms with Crippen molar-refractivity contribution in [2.45, 2.75) is 13.8 Å². The topological polar surface area (TPSA) is 17.1 Å². The molecule has 0 amide bonds. The van der Waals surface area contributed by atoms with E-state index in [0.29, 0.717) is 0 Å². The van der Waals surface area contributed by atoms with Gasteiger partial charge >= 0.3 is 0 Å². The van der Waals surface area contributed by atoms with Crippen LogP contribution in [0.15, 0.2) is 12.1 Å². The Kier molecular flexibility index (Phi) is 4.80. The van der Waals surface area contributed by atoms with Crippen LogP contribution in [-0.2, 0) is 32.7 Å². The molecule has 0 aliphatic heterocycles. The number of Topliss-reactive ketones (excluding diaryl/α,β-unsaturated/α-hetero) is 1. The Bertz CT molecular complexity index is 297. The van der Waals surface area contributed by atoms with Crippen LogP contribution in [0, 0.1) is 18.8 Å². The van der Waals surface area contributed by atoms with Gasteiger partial charge in [0.15, 0.2) is 0 Å². The predicted octanol–water partition coefficient (Wildman–Crippen LogP) is 2.13. The second-order valence-electron chi connectivity index (χ2n) is 2.43. The summed E-state index contributed by atoms with van der Waals surface area (Å²) in [5.74, 6) is -0.747. The summed E-state index contributed by atoms with van der Waals surface area (Å²) in [6.45, 7) is 3.11. The minimum Gasteiger partial charge on any atom is -0.297 e. The minimum atomic E-state index is -0.497. The van der Waals surface area contributed by atoms with Gasteiger partial charge in [-0.15, -0.1) is 6.07 Å². The number of carbonyl (C=O) groups excluding carboxylic acids is 1. The molecule has 12 heavy (non-hydrogen) atoms. The third-order valence-corrected chi connectivity index (χ3v) is 1.42. The summed E-state index contributed by atoms with van der Waals surface area (Å²) >= 11 is 0. The van der Waals surface area contributed by atoms with E-state index in [1.165, 1.54) is 19.1 Å². The Morgan fingerprint density at radius 1 is 1.58 bits per heavy atom. The number of benzene rings is 1. The molecule has 1 aromatic rings.